The molecule has 17 heavy (non-hydrogen) atoms. The second kappa shape index (κ2) is 5.98. The van der Waals surface area contributed by atoms with E-state index < -0.39 is 18.4 Å². The van der Waals surface area contributed by atoms with Gasteiger partial charge >= 0.3 is 5.97 Å². The molecule has 1 rings (SSSR count). The van der Waals surface area contributed by atoms with Gasteiger partial charge in [-0.15, -0.1) is 0 Å². The van der Waals surface area contributed by atoms with E-state index in [0.717, 1.165) is 6.07 Å². The number of rotatable bonds is 6. The summed E-state index contributed by atoms with van der Waals surface area (Å²) in [6.45, 7) is 1.29. The van der Waals surface area contributed by atoms with Gasteiger partial charge < -0.3 is 9.84 Å². The third-order valence-electron chi connectivity index (χ3n) is 2.08. The summed E-state index contributed by atoms with van der Waals surface area (Å²) in [5.41, 5.74) is 0.00882. The van der Waals surface area contributed by atoms with E-state index in [0.29, 0.717) is 6.42 Å². The van der Waals surface area contributed by atoms with Gasteiger partial charge in [0.05, 0.1) is 5.56 Å². The molecule has 0 spiro atoms. The lowest BCUT2D eigenvalue weighted by Gasteiger charge is -2.05. The van der Waals surface area contributed by atoms with Crippen molar-refractivity contribution >= 4 is 11.8 Å². The van der Waals surface area contributed by atoms with Crippen LogP contribution in [0.5, 0.6) is 5.75 Å². The molecule has 0 bridgehead atoms. The van der Waals surface area contributed by atoms with Crippen LogP contribution >= 0.6 is 0 Å². The van der Waals surface area contributed by atoms with E-state index in [1.54, 1.807) is 0 Å². The fourth-order valence-electron chi connectivity index (χ4n) is 1.32. The van der Waals surface area contributed by atoms with Gasteiger partial charge in [-0.1, -0.05) is 6.92 Å². The molecule has 0 unspecified atom stereocenters. The summed E-state index contributed by atoms with van der Waals surface area (Å²) in [7, 11) is 0. The van der Waals surface area contributed by atoms with Crippen molar-refractivity contribution in [2.75, 3.05) is 6.61 Å². The molecule has 4 nitrogen and oxygen atoms in total. The van der Waals surface area contributed by atoms with Crippen LogP contribution < -0.4 is 4.74 Å². The standard InChI is InChI=1S/C12H13FO4/c1-2-3-11(14)9-5-4-8(6-10(9)13)17-7-12(15)16/h4-6H,2-3,7H2,1H3,(H,15,16). The maximum absolute atomic E-state index is 13.5. The Bertz CT molecular complexity index is 429. The minimum atomic E-state index is -1.14. The highest BCUT2D eigenvalue weighted by molar-refractivity contribution is 5.96. The van der Waals surface area contributed by atoms with Crippen molar-refractivity contribution in [1.29, 1.82) is 0 Å². The molecule has 0 amide bonds. The molecule has 0 aliphatic rings. The number of carboxylic acids is 1. The topological polar surface area (TPSA) is 63.6 Å². The van der Waals surface area contributed by atoms with Crippen molar-refractivity contribution in [3.63, 3.8) is 0 Å². The third kappa shape index (κ3) is 3.86. The van der Waals surface area contributed by atoms with Gasteiger partial charge in [0.15, 0.2) is 12.4 Å². The van der Waals surface area contributed by atoms with E-state index in [2.05, 4.69) is 0 Å². The quantitative estimate of drug-likeness (QED) is 0.775. The monoisotopic (exact) mass is 240 g/mol. The molecular weight excluding hydrogens is 227 g/mol. The van der Waals surface area contributed by atoms with Crippen molar-refractivity contribution in [2.45, 2.75) is 19.8 Å². The molecule has 0 atom stereocenters. The SMILES string of the molecule is CCCC(=O)c1ccc(OCC(=O)O)cc1F. The summed E-state index contributed by atoms with van der Waals surface area (Å²) in [5.74, 6) is -2.00. The molecule has 0 radical (unpaired) electrons. The Labute approximate surface area is 98.0 Å². The Balaban J connectivity index is 2.79. The number of carbonyl (C=O) groups excluding carboxylic acids is 1. The van der Waals surface area contributed by atoms with Crippen molar-refractivity contribution < 1.29 is 23.8 Å². The highest BCUT2D eigenvalue weighted by Crippen LogP contribution is 2.18. The number of aliphatic carboxylic acids is 1. The zero-order valence-corrected chi connectivity index (χ0v) is 9.40. The van der Waals surface area contributed by atoms with Crippen molar-refractivity contribution in [1.82, 2.24) is 0 Å². The maximum atomic E-state index is 13.5. The fourth-order valence-corrected chi connectivity index (χ4v) is 1.32. The van der Waals surface area contributed by atoms with Crippen LogP contribution in [0, 0.1) is 5.82 Å². The minimum absolute atomic E-state index is 0.00882. The van der Waals surface area contributed by atoms with E-state index in [9.17, 15) is 14.0 Å². The molecule has 0 aliphatic carbocycles. The second-order valence-corrected chi connectivity index (χ2v) is 3.50. The first-order valence-electron chi connectivity index (χ1n) is 5.22. The molecule has 5 heteroatoms. The summed E-state index contributed by atoms with van der Waals surface area (Å²) in [6.07, 6.45) is 0.932. The molecule has 0 fully saturated rings. The highest BCUT2D eigenvalue weighted by Gasteiger charge is 2.12. The molecule has 1 aromatic carbocycles. The number of ether oxygens (including phenoxy) is 1. The van der Waals surface area contributed by atoms with Gasteiger partial charge in [0.2, 0.25) is 0 Å². The summed E-state index contributed by atoms with van der Waals surface area (Å²) in [6, 6.07) is 3.71. The third-order valence-corrected chi connectivity index (χ3v) is 2.08. The van der Waals surface area contributed by atoms with Crippen molar-refractivity contribution in [2.24, 2.45) is 0 Å². The lowest BCUT2D eigenvalue weighted by Crippen LogP contribution is -2.10. The maximum Gasteiger partial charge on any atom is 0.341 e. The predicted molar refractivity (Wildman–Crippen MR) is 58.8 cm³/mol. The average Bonchev–Trinajstić information content (AvgIpc) is 2.26. The largest absolute Gasteiger partial charge is 0.482 e. The van der Waals surface area contributed by atoms with Crippen LogP contribution in [0.25, 0.3) is 0 Å². The number of Topliss-reactive ketones (excluding diaryl/α,β-unsaturated/α-hetero) is 1. The predicted octanol–water partition coefficient (Wildman–Crippen LogP) is 2.27. The van der Waals surface area contributed by atoms with Crippen molar-refractivity contribution in [3.05, 3.63) is 29.6 Å². The number of hydrogen-bond acceptors (Lipinski definition) is 3. The second-order valence-electron chi connectivity index (χ2n) is 3.50. The van der Waals surface area contributed by atoms with Crippen LogP contribution in [-0.4, -0.2) is 23.5 Å². The Hall–Kier alpha value is -1.91. The molecule has 1 aromatic rings. The van der Waals surface area contributed by atoms with E-state index in [-0.39, 0.29) is 23.5 Å². The van der Waals surface area contributed by atoms with E-state index in [4.69, 9.17) is 9.84 Å². The van der Waals surface area contributed by atoms with Crippen LogP contribution in [0.4, 0.5) is 4.39 Å². The summed E-state index contributed by atoms with van der Waals surface area (Å²) >= 11 is 0. The van der Waals surface area contributed by atoms with E-state index >= 15 is 0 Å². The molecule has 0 saturated heterocycles. The number of carboxylic acid groups (broad SMARTS) is 1. The number of benzene rings is 1. The molecule has 0 heterocycles. The smallest absolute Gasteiger partial charge is 0.341 e. The van der Waals surface area contributed by atoms with Gasteiger partial charge in [0.25, 0.3) is 0 Å². The molecule has 1 N–H and O–H groups in total. The first kappa shape index (κ1) is 13.2. The van der Waals surface area contributed by atoms with Gasteiger partial charge in [-0.05, 0) is 18.6 Å². The lowest BCUT2D eigenvalue weighted by molar-refractivity contribution is -0.139. The highest BCUT2D eigenvalue weighted by atomic mass is 19.1. The Morgan fingerprint density at radius 1 is 1.41 bits per heavy atom. The van der Waals surface area contributed by atoms with E-state index in [1.807, 2.05) is 6.92 Å². The Morgan fingerprint density at radius 3 is 2.65 bits per heavy atom. The van der Waals surface area contributed by atoms with Crippen LogP contribution in [0.15, 0.2) is 18.2 Å². The first-order valence-corrected chi connectivity index (χ1v) is 5.22. The minimum Gasteiger partial charge on any atom is -0.482 e. The van der Waals surface area contributed by atoms with Crippen LogP contribution in [0.2, 0.25) is 0 Å². The van der Waals surface area contributed by atoms with Gasteiger partial charge in [0.1, 0.15) is 11.6 Å². The molecule has 0 aliphatic heterocycles. The number of carbonyl (C=O) groups is 2. The van der Waals surface area contributed by atoms with Gasteiger partial charge in [0, 0.05) is 12.5 Å². The normalized spacial score (nSPS) is 10.0. The number of hydrogen-bond donors (Lipinski definition) is 1. The lowest BCUT2D eigenvalue weighted by atomic mass is 10.1. The van der Waals surface area contributed by atoms with Crippen molar-refractivity contribution in [3.8, 4) is 5.75 Å². The first-order chi connectivity index (χ1) is 8.04. The zero-order chi connectivity index (χ0) is 12.8. The Morgan fingerprint density at radius 2 is 2.12 bits per heavy atom. The van der Waals surface area contributed by atoms with Crippen LogP contribution in [0.1, 0.15) is 30.1 Å². The summed E-state index contributed by atoms with van der Waals surface area (Å²) < 4.78 is 18.3. The fraction of sp³-hybridized carbons (Fsp3) is 0.333. The number of halogens is 1. The molecule has 0 saturated carbocycles. The van der Waals surface area contributed by atoms with E-state index in [1.165, 1.54) is 12.1 Å². The van der Waals surface area contributed by atoms with Gasteiger partial charge in [-0.3, -0.25) is 4.79 Å². The average molecular weight is 240 g/mol. The van der Waals surface area contributed by atoms with Crippen LogP contribution in [-0.2, 0) is 4.79 Å². The summed E-state index contributed by atoms with van der Waals surface area (Å²) in [4.78, 5) is 21.7. The molecular formula is C12H13FO4. The molecule has 92 valence electrons. The zero-order valence-electron chi connectivity index (χ0n) is 9.40. The number of ketones is 1. The van der Waals surface area contributed by atoms with Gasteiger partial charge in [-0.25, -0.2) is 9.18 Å². The summed E-state index contributed by atoms with van der Waals surface area (Å²) in [5, 5.41) is 8.38. The van der Waals surface area contributed by atoms with Gasteiger partial charge in [-0.2, -0.15) is 0 Å². The van der Waals surface area contributed by atoms with Crippen LogP contribution in [0.3, 0.4) is 0 Å². The Kier molecular flexibility index (Phi) is 4.63. The molecule has 0 aromatic heterocycles.